The zero-order valence-corrected chi connectivity index (χ0v) is 6.30. The van der Waals surface area contributed by atoms with Gasteiger partial charge in [0.15, 0.2) is 0 Å². The van der Waals surface area contributed by atoms with Gasteiger partial charge in [0.25, 0.3) is 0 Å². The van der Waals surface area contributed by atoms with Crippen LogP contribution < -0.4 is 0 Å². The summed E-state index contributed by atoms with van der Waals surface area (Å²) in [5.74, 6) is 0. The molecule has 0 saturated heterocycles. The fourth-order valence-electron chi connectivity index (χ4n) is 0. The fourth-order valence-corrected chi connectivity index (χ4v) is 0. The second kappa shape index (κ2) is 1.83. The Morgan fingerprint density at radius 2 is 2.00 bits per heavy atom. The second-order valence-corrected chi connectivity index (χ2v) is 3.29. The molecule has 0 heterocycles. The molecule has 4 heavy (non-hydrogen) atoms. The molecule has 24 valence electrons. The van der Waals surface area contributed by atoms with Crippen molar-refractivity contribution in [3.05, 3.63) is 0 Å². The summed E-state index contributed by atoms with van der Waals surface area (Å²) < 4.78 is 0.306. The number of carbonyl (C=O) groups excluding carboxylic acids is 1. The van der Waals surface area contributed by atoms with Crippen LogP contribution in [0.2, 0.25) is 0 Å². The van der Waals surface area contributed by atoms with Crippen molar-refractivity contribution >= 4 is 28.2 Å². The van der Waals surface area contributed by atoms with Gasteiger partial charge >= 0.3 is 39.9 Å². The summed E-state index contributed by atoms with van der Waals surface area (Å²) in [5, 5.41) is 0. The Kier molecular flexibility index (Phi) is 2.09. The molecule has 0 aromatic heterocycles. The van der Waals surface area contributed by atoms with Crippen molar-refractivity contribution in [3.8, 4) is 0 Å². The van der Waals surface area contributed by atoms with E-state index in [2.05, 4.69) is 0 Å². The van der Waals surface area contributed by atoms with Crippen LogP contribution in [0.1, 0.15) is 6.92 Å². The third-order valence-corrected chi connectivity index (χ3v) is 0. The first kappa shape index (κ1) is 4.55. The van der Waals surface area contributed by atoms with E-state index in [1.807, 2.05) is 0 Å². The number of hydrogen-bond donors (Lipinski definition) is 0. The summed E-state index contributed by atoms with van der Waals surface area (Å²) in [6, 6.07) is 0. The van der Waals surface area contributed by atoms with Crippen LogP contribution in [0.25, 0.3) is 0 Å². The number of rotatable bonds is 0. The molecule has 0 aliphatic carbocycles. The zero-order valence-electron chi connectivity index (χ0n) is 2.41. The van der Waals surface area contributed by atoms with Gasteiger partial charge in [-0.05, 0) is 0 Å². The Balaban J connectivity index is 2.80. The molecule has 0 fully saturated rings. The van der Waals surface area contributed by atoms with Crippen molar-refractivity contribution in [2.75, 3.05) is 0 Å². The van der Waals surface area contributed by atoms with E-state index in [1.165, 1.54) is 0 Å². The van der Waals surface area contributed by atoms with Gasteiger partial charge in [-0.15, -0.1) is 0 Å². The van der Waals surface area contributed by atoms with E-state index >= 15 is 0 Å². The Morgan fingerprint density at radius 1 is 2.00 bits per heavy atom. The van der Waals surface area contributed by atoms with Crippen molar-refractivity contribution in [2.45, 2.75) is 6.92 Å². The second-order valence-electron chi connectivity index (χ2n) is 0.556. The quantitative estimate of drug-likeness (QED) is 0.528. The third-order valence-electron chi connectivity index (χ3n) is 0. The van der Waals surface area contributed by atoms with Crippen LogP contribution in [0.5, 0.6) is 0 Å². The van der Waals surface area contributed by atoms with Crippen LogP contribution in [0, 0.1) is 0 Å². The summed E-state index contributed by atoms with van der Waals surface area (Å²) in [4.78, 5) is 9.51. The monoisotopic (exact) mass is 253 g/mol. The average Bonchev–Trinajstić information content (AvgIpc) is 0.811. The molecule has 0 N–H and O–H groups in total. The first-order valence-electron chi connectivity index (χ1n) is 0.954. The van der Waals surface area contributed by atoms with Crippen molar-refractivity contribution in [1.82, 2.24) is 0 Å². The standard InChI is InChI=1S/C2H3O.Bi.H/c1-2-3;;/h1H3;;/q;-1;. The molecule has 0 aromatic carbocycles. The molecule has 0 bridgehead atoms. The van der Waals surface area contributed by atoms with Crippen molar-refractivity contribution in [3.63, 3.8) is 0 Å². The van der Waals surface area contributed by atoms with Crippen LogP contribution in [0.3, 0.4) is 0 Å². The van der Waals surface area contributed by atoms with Crippen LogP contribution in [0.4, 0.5) is 0 Å². The van der Waals surface area contributed by atoms with E-state index in [9.17, 15) is 4.79 Å². The summed E-state index contributed by atoms with van der Waals surface area (Å²) in [6.07, 6.45) is 0. The van der Waals surface area contributed by atoms with Gasteiger partial charge in [-0.25, -0.2) is 0 Å². The Bertz CT molecular complexity index is 29.0. The summed E-state index contributed by atoms with van der Waals surface area (Å²) in [7, 11) is 0. The Labute approximate surface area is 40.2 Å². The van der Waals surface area contributed by atoms with Crippen molar-refractivity contribution < 1.29 is 4.79 Å². The van der Waals surface area contributed by atoms with Gasteiger partial charge in [0.05, 0.1) is 0 Å². The predicted octanol–water partition coefficient (Wildman–Crippen LogP) is -0.566. The van der Waals surface area contributed by atoms with E-state index in [0.29, 0.717) is 28.2 Å². The van der Waals surface area contributed by atoms with E-state index < -0.39 is 0 Å². The van der Waals surface area contributed by atoms with Gasteiger partial charge in [-0.1, -0.05) is 0 Å². The minimum atomic E-state index is 0.306. The van der Waals surface area contributed by atoms with Gasteiger partial charge in [-0.2, -0.15) is 0 Å². The molecule has 0 aliphatic rings. The number of hydrogen-bond acceptors (Lipinski definition) is 1. The van der Waals surface area contributed by atoms with Crippen LogP contribution in [-0.4, -0.2) is 28.2 Å². The predicted molar refractivity (Wildman–Crippen MR) is 17.8 cm³/mol. The number of carbonyl (C=O) groups is 1. The summed E-state index contributed by atoms with van der Waals surface area (Å²) >= 11 is 0.710. The van der Waals surface area contributed by atoms with E-state index in [-0.39, 0.29) is 0 Å². The van der Waals surface area contributed by atoms with E-state index in [4.69, 9.17) is 0 Å². The van der Waals surface area contributed by atoms with E-state index in [1.54, 1.807) is 6.92 Å². The topological polar surface area (TPSA) is 17.1 Å². The molecule has 1 nitrogen and oxygen atoms in total. The van der Waals surface area contributed by atoms with Gasteiger partial charge in [0.2, 0.25) is 0 Å². The van der Waals surface area contributed by atoms with Crippen LogP contribution in [0.15, 0.2) is 0 Å². The first-order valence-corrected chi connectivity index (χ1v) is 2.90. The molecule has 0 spiro atoms. The molecular formula is C2H4BiO-. The normalized spacial score (nSPS) is 6.50. The molecule has 0 rings (SSSR count). The average molecular weight is 253 g/mol. The van der Waals surface area contributed by atoms with Gasteiger partial charge in [-0.3, -0.25) is 0 Å². The molecule has 0 unspecified atom stereocenters. The molecule has 0 aliphatic heterocycles. The third kappa shape index (κ3) is 20.1. The minimum absolute atomic E-state index is 0.306. The van der Waals surface area contributed by atoms with Crippen molar-refractivity contribution in [1.29, 1.82) is 0 Å². The molecule has 0 amide bonds. The zero-order chi connectivity index (χ0) is 3.58. The molecule has 2 heteroatoms. The fraction of sp³-hybridized carbons (Fsp3) is 0.500. The first-order chi connectivity index (χ1) is 1.73. The molecule has 0 radical (unpaired) electrons. The maximum absolute atomic E-state index is 9.51. The summed E-state index contributed by atoms with van der Waals surface area (Å²) in [5.41, 5.74) is 0. The molecule has 0 atom stereocenters. The molecule has 0 aromatic rings. The van der Waals surface area contributed by atoms with Gasteiger partial charge in [0.1, 0.15) is 0 Å². The van der Waals surface area contributed by atoms with Crippen LogP contribution >= 0.6 is 0 Å². The van der Waals surface area contributed by atoms with Crippen molar-refractivity contribution in [2.24, 2.45) is 0 Å². The van der Waals surface area contributed by atoms with E-state index in [0.717, 1.165) is 0 Å². The Hall–Kier alpha value is 0.553. The Morgan fingerprint density at radius 3 is 2.00 bits per heavy atom. The molecule has 0 saturated carbocycles. The van der Waals surface area contributed by atoms with Crippen LogP contribution in [-0.2, 0) is 4.79 Å². The molecular weight excluding hydrogens is 249 g/mol. The SMILES string of the molecule is C[C](=O)[BiH-]. The summed E-state index contributed by atoms with van der Waals surface area (Å²) in [6.45, 7) is 1.59. The van der Waals surface area contributed by atoms with Gasteiger partial charge < -0.3 is 0 Å². The van der Waals surface area contributed by atoms with Gasteiger partial charge in [0, 0.05) is 0 Å². The maximum atomic E-state index is 9.51.